The molecule has 1 amide bonds. The number of carbonyl (C=O) groups excluding carboxylic acids is 1. The van der Waals surface area contributed by atoms with Crippen molar-refractivity contribution in [2.75, 3.05) is 6.79 Å². The number of thioether (sulfide) groups is 1. The number of pyridine rings is 1. The van der Waals surface area contributed by atoms with E-state index in [0.717, 1.165) is 22.9 Å². The van der Waals surface area contributed by atoms with Gasteiger partial charge in [0.2, 0.25) is 12.7 Å². The van der Waals surface area contributed by atoms with E-state index in [4.69, 9.17) is 26.4 Å². The highest BCUT2D eigenvalue weighted by atomic mass is 32.2. The number of carbonyl (C=O) groups is 1. The van der Waals surface area contributed by atoms with Crippen molar-refractivity contribution < 1.29 is 19.0 Å². The van der Waals surface area contributed by atoms with Crippen molar-refractivity contribution in [3.63, 3.8) is 0 Å². The van der Waals surface area contributed by atoms with Crippen LogP contribution in [-0.4, -0.2) is 31.3 Å². The average Bonchev–Trinajstić information content (AvgIpc) is 3.47. The van der Waals surface area contributed by atoms with E-state index >= 15 is 0 Å². The summed E-state index contributed by atoms with van der Waals surface area (Å²) in [5, 5.41) is 0. The average molecular weight is 530 g/mol. The van der Waals surface area contributed by atoms with Gasteiger partial charge in [-0.15, -0.1) is 0 Å². The van der Waals surface area contributed by atoms with E-state index in [1.807, 2.05) is 43.3 Å². The molecule has 0 atom stereocenters. The molecule has 10 heteroatoms. The Labute approximate surface area is 221 Å². The molecular weight excluding hydrogens is 510 g/mol. The van der Waals surface area contributed by atoms with E-state index in [1.165, 1.54) is 15.4 Å². The minimum atomic E-state index is -0.352. The predicted octanol–water partition coefficient (Wildman–Crippen LogP) is 4.93. The standard InChI is InChI=1S/C27H19N3O5S2/c1-16-6-2-3-7-19(16)35-24-18(25(31)29-11-5-4-8-23(29)28-24)13-22-26(32)30(27(36)37-22)14-17-9-10-20-21(12-17)34-15-33-20/h2-13H,14-15H2,1H3/b22-13+. The zero-order valence-corrected chi connectivity index (χ0v) is 21.2. The van der Waals surface area contributed by atoms with Crippen LogP contribution >= 0.6 is 24.0 Å². The number of para-hydroxylation sites is 1. The summed E-state index contributed by atoms with van der Waals surface area (Å²) in [6.45, 7) is 2.34. The Bertz CT molecular complexity index is 1680. The minimum Gasteiger partial charge on any atom is -0.454 e. The fourth-order valence-electron chi connectivity index (χ4n) is 4.05. The number of amides is 1. The highest BCUT2D eigenvalue weighted by Crippen LogP contribution is 2.37. The molecule has 8 nitrogen and oxygen atoms in total. The lowest BCUT2D eigenvalue weighted by atomic mass is 10.2. The zero-order valence-electron chi connectivity index (χ0n) is 19.5. The summed E-state index contributed by atoms with van der Waals surface area (Å²) < 4.78 is 18.7. The number of hydrogen-bond acceptors (Lipinski definition) is 8. The van der Waals surface area contributed by atoms with Gasteiger partial charge in [0.25, 0.3) is 11.5 Å². The summed E-state index contributed by atoms with van der Waals surface area (Å²) in [6, 6.07) is 18.2. The Morgan fingerprint density at radius 3 is 2.76 bits per heavy atom. The molecule has 0 N–H and O–H groups in total. The Morgan fingerprint density at radius 2 is 1.89 bits per heavy atom. The van der Waals surface area contributed by atoms with Crippen molar-refractivity contribution in [3.8, 4) is 23.1 Å². The van der Waals surface area contributed by atoms with E-state index in [-0.39, 0.29) is 36.2 Å². The quantitative estimate of drug-likeness (QED) is 0.266. The van der Waals surface area contributed by atoms with Crippen LogP contribution in [-0.2, 0) is 11.3 Å². The first kappa shape index (κ1) is 23.3. The normalized spacial score (nSPS) is 15.7. The highest BCUT2D eigenvalue weighted by molar-refractivity contribution is 8.26. The van der Waals surface area contributed by atoms with Crippen molar-refractivity contribution >= 4 is 45.9 Å². The molecule has 4 aromatic rings. The summed E-state index contributed by atoms with van der Waals surface area (Å²) in [5.74, 6) is 1.68. The van der Waals surface area contributed by atoms with Crippen LogP contribution in [0.5, 0.6) is 23.1 Å². The molecule has 1 fully saturated rings. The first-order valence-corrected chi connectivity index (χ1v) is 12.6. The van der Waals surface area contributed by atoms with Gasteiger partial charge in [0.15, 0.2) is 11.5 Å². The third-order valence-corrected chi connectivity index (χ3v) is 7.34. The van der Waals surface area contributed by atoms with Crippen LogP contribution in [0.2, 0.25) is 0 Å². The lowest BCUT2D eigenvalue weighted by Crippen LogP contribution is -2.27. The number of aromatic nitrogens is 2. The number of nitrogens with zero attached hydrogens (tertiary/aromatic N) is 3. The van der Waals surface area contributed by atoms with E-state index in [2.05, 4.69) is 4.98 Å². The van der Waals surface area contributed by atoms with Gasteiger partial charge in [0.1, 0.15) is 21.3 Å². The van der Waals surface area contributed by atoms with Crippen molar-refractivity contribution in [1.82, 2.24) is 14.3 Å². The van der Waals surface area contributed by atoms with Gasteiger partial charge in [-0.1, -0.05) is 54.3 Å². The molecule has 0 saturated carbocycles. The molecule has 184 valence electrons. The van der Waals surface area contributed by atoms with E-state index in [1.54, 1.807) is 30.5 Å². The van der Waals surface area contributed by atoms with E-state index < -0.39 is 0 Å². The number of benzene rings is 2. The van der Waals surface area contributed by atoms with Gasteiger partial charge in [-0.2, -0.15) is 4.98 Å². The molecule has 1 saturated heterocycles. The van der Waals surface area contributed by atoms with E-state index in [9.17, 15) is 9.59 Å². The number of ether oxygens (including phenoxy) is 3. The summed E-state index contributed by atoms with van der Waals surface area (Å²) >= 11 is 6.65. The minimum absolute atomic E-state index is 0.117. The largest absolute Gasteiger partial charge is 0.454 e. The summed E-state index contributed by atoms with van der Waals surface area (Å²) in [7, 11) is 0. The Balaban J connectivity index is 1.37. The SMILES string of the molecule is Cc1ccccc1Oc1nc2ccccn2c(=O)c1/C=C1/SC(=S)N(Cc2ccc3c(c2)OCO3)C1=O. The molecule has 2 aromatic carbocycles. The fraction of sp³-hybridized carbons (Fsp3) is 0.111. The van der Waals surface area contributed by atoms with Crippen LogP contribution in [0, 0.1) is 6.92 Å². The van der Waals surface area contributed by atoms with Gasteiger partial charge in [0, 0.05) is 6.20 Å². The third-order valence-electron chi connectivity index (χ3n) is 5.96. The molecule has 2 aliphatic rings. The molecule has 2 aromatic heterocycles. The van der Waals surface area contributed by atoms with Crippen LogP contribution < -0.4 is 19.8 Å². The highest BCUT2D eigenvalue weighted by Gasteiger charge is 2.33. The fourth-order valence-corrected chi connectivity index (χ4v) is 5.28. The Hall–Kier alpha value is -4.15. The second kappa shape index (κ2) is 9.38. The molecule has 0 aliphatic carbocycles. The van der Waals surface area contributed by atoms with Gasteiger partial charge >= 0.3 is 0 Å². The summed E-state index contributed by atoms with van der Waals surface area (Å²) in [6.07, 6.45) is 3.14. The topological polar surface area (TPSA) is 82.4 Å². The van der Waals surface area contributed by atoms with Crippen molar-refractivity contribution in [2.24, 2.45) is 0 Å². The molecular formula is C27H19N3O5S2. The second-order valence-electron chi connectivity index (χ2n) is 8.39. The Kier molecular flexibility index (Phi) is 5.90. The molecule has 0 unspecified atom stereocenters. The van der Waals surface area contributed by atoms with Crippen molar-refractivity contribution in [2.45, 2.75) is 13.5 Å². The molecule has 0 bridgehead atoms. The zero-order chi connectivity index (χ0) is 25.5. The van der Waals surface area contributed by atoms with Crippen molar-refractivity contribution in [3.05, 3.63) is 98.8 Å². The molecule has 4 heterocycles. The van der Waals surface area contributed by atoms with Gasteiger partial charge < -0.3 is 14.2 Å². The van der Waals surface area contributed by atoms with Crippen LogP contribution in [0.1, 0.15) is 16.7 Å². The maximum Gasteiger partial charge on any atom is 0.269 e. The lowest BCUT2D eigenvalue weighted by Gasteiger charge is -2.15. The van der Waals surface area contributed by atoms with Crippen LogP contribution in [0.25, 0.3) is 11.7 Å². The van der Waals surface area contributed by atoms with Crippen LogP contribution in [0.15, 0.2) is 76.6 Å². The number of aryl methyl sites for hydroxylation is 1. The summed E-state index contributed by atoms with van der Waals surface area (Å²) in [4.78, 5) is 33.3. The second-order valence-corrected chi connectivity index (χ2v) is 10.1. The number of rotatable bonds is 5. The first-order chi connectivity index (χ1) is 18.0. The van der Waals surface area contributed by atoms with Crippen molar-refractivity contribution in [1.29, 1.82) is 0 Å². The Morgan fingerprint density at radius 1 is 1.08 bits per heavy atom. The lowest BCUT2D eigenvalue weighted by molar-refractivity contribution is -0.122. The molecule has 6 rings (SSSR count). The third kappa shape index (κ3) is 4.34. The molecule has 37 heavy (non-hydrogen) atoms. The smallest absolute Gasteiger partial charge is 0.269 e. The van der Waals surface area contributed by atoms with E-state index in [0.29, 0.717) is 32.1 Å². The van der Waals surface area contributed by atoms with Gasteiger partial charge in [-0.25, -0.2) is 0 Å². The number of hydrogen-bond donors (Lipinski definition) is 0. The molecule has 0 spiro atoms. The monoisotopic (exact) mass is 529 g/mol. The van der Waals surface area contributed by atoms with Gasteiger partial charge in [-0.05, 0) is 54.5 Å². The first-order valence-electron chi connectivity index (χ1n) is 11.4. The van der Waals surface area contributed by atoms with Gasteiger partial charge in [0.05, 0.1) is 11.4 Å². The maximum atomic E-state index is 13.5. The molecule has 0 radical (unpaired) electrons. The predicted molar refractivity (Wildman–Crippen MR) is 144 cm³/mol. The number of thiocarbonyl (C=S) groups is 1. The van der Waals surface area contributed by atoms with Gasteiger partial charge in [-0.3, -0.25) is 18.9 Å². The number of fused-ring (bicyclic) bond motifs is 2. The van der Waals surface area contributed by atoms with Crippen LogP contribution in [0.3, 0.4) is 0 Å². The summed E-state index contributed by atoms with van der Waals surface area (Å²) in [5.41, 5.74) is 1.98. The molecule has 2 aliphatic heterocycles. The maximum absolute atomic E-state index is 13.5. The van der Waals surface area contributed by atoms with Crippen LogP contribution in [0.4, 0.5) is 0 Å².